The molecule has 110 valence electrons. The predicted octanol–water partition coefficient (Wildman–Crippen LogP) is 2.25. The van der Waals surface area contributed by atoms with Gasteiger partial charge in [0.15, 0.2) is 0 Å². The van der Waals surface area contributed by atoms with E-state index in [9.17, 15) is 9.59 Å². The number of benzene rings is 1. The molecule has 0 heterocycles. The SMILES string of the molecule is COC(=O)C[C@H](NC(=O)NCC(C)C)c1ccccc1. The van der Waals surface area contributed by atoms with E-state index >= 15 is 0 Å². The summed E-state index contributed by atoms with van der Waals surface area (Å²) in [5, 5.41) is 5.57. The van der Waals surface area contributed by atoms with Gasteiger partial charge in [-0.25, -0.2) is 4.79 Å². The maximum absolute atomic E-state index is 11.8. The molecule has 1 aromatic carbocycles. The molecule has 5 nitrogen and oxygen atoms in total. The third-order valence-electron chi connectivity index (χ3n) is 2.78. The molecule has 0 saturated carbocycles. The van der Waals surface area contributed by atoms with Gasteiger partial charge in [0.05, 0.1) is 19.6 Å². The van der Waals surface area contributed by atoms with Crippen LogP contribution in [0.15, 0.2) is 30.3 Å². The summed E-state index contributed by atoms with van der Waals surface area (Å²) >= 11 is 0. The number of hydrogen-bond acceptors (Lipinski definition) is 3. The first-order valence-electron chi connectivity index (χ1n) is 6.69. The highest BCUT2D eigenvalue weighted by Gasteiger charge is 2.18. The van der Waals surface area contributed by atoms with Gasteiger partial charge in [0, 0.05) is 6.54 Å². The van der Waals surface area contributed by atoms with Crippen LogP contribution in [0.2, 0.25) is 0 Å². The fourth-order valence-corrected chi connectivity index (χ4v) is 1.69. The molecule has 2 amide bonds. The van der Waals surface area contributed by atoms with Gasteiger partial charge < -0.3 is 15.4 Å². The Morgan fingerprint density at radius 1 is 1.20 bits per heavy atom. The Labute approximate surface area is 119 Å². The first-order chi connectivity index (χ1) is 9.52. The lowest BCUT2D eigenvalue weighted by molar-refractivity contribution is -0.141. The van der Waals surface area contributed by atoms with Crippen LogP contribution in [-0.2, 0) is 9.53 Å². The first kappa shape index (κ1) is 16.0. The average molecular weight is 278 g/mol. The van der Waals surface area contributed by atoms with E-state index in [0.29, 0.717) is 12.5 Å². The van der Waals surface area contributed by atoms with Crippen LogP contribution in [-0.4, -0.2) is 25.7 Å². The molecule has 5 heteroatoms. The molecule has 1 aromatic rings. The lowest BCUT2D eigenvalue weighted by Crippen LogP contribution is -2.40. The Kier molecular flexibility index (Phi) is 6.56. The number of rotatable bonds is 6. The quantitative estimate of drug-likeness (QED) is 0.784. The minimum Gasteiger partial charge on any atom is -0.469 e. The summed E-state index contributed by atoms with van der Waals surface area (Å²) in [5.41, 5.74) is 0.873. The molecule has 0 bridgehead atoms. The minimum absolute atomic E-state index is 0.107. The molecule has 0 unspecified atom stereocenters. The highest BCUT2D eigenvalue weighted by Crippen LogP contribution is 2.16. The molecule has 0 spiro atoms. The highest BCUT2D eigenvalue weighted by atomic mass is 16.5. The van der Waals surface area contributed by atoms with E-state index in [0.717, 1.165) is 5.56 Å². The fourth-order valence-electron chi connectivity index (χ4n) is 1.69. The zero-order valence-corrected chi connectivity index (χ0v) is 12.2. The summed E-state index contributed by atoms with van der Waals surface area (Å²) in [5.74, 6) is 0.0135. The lowest BCUT2D eigenvalue weighted by atomic mass is 10.0. The van der Waals surface area contributed by atoms with Crippen molar-refractivity contribution in [3.8, 4) is 0 Å². The molecule has 2 N–H and O–H groups in total. The topological polar surface area (TPSA) is 67.4 Å². The molecule has 0 radical (unpaired) electrons. The average Bonchev–Trinajstić information content (AvgIpc) is 2.45. The number of hydrogen-bond donors (Lipinski definition) is 2. The summed E-state index contributed by atoms with van der Waals surface area (Å²) in [6.07, 6.45) is 0.107. The van der Waals surface area contributed by atoms with Crippen molar-refractivity contribution in [3.63, 3.8) is 0 Å². The van der Waals surface area contributed by atoms with E-state index in [1.54, 1.807) is 0 Å². The Balaban J connectivity index is 2.68. The minimum atomic E-state index is -0.393. The molecular formula is C15H22N2O3. The van der Waals surface area contributed by atoms with E-state index in [2.05, 4.69) is 15.4 Å². The third-order valence-corrected chi connectivity index (χ3v) is 2.78. The molecule has 0 aromatic heterocycles. The van der Waals surface area contributed by atoms with Gasteiger partial charge in [0.2, 0.25) is 0 Å². The molecule has 0 aliphatic heterocycles. The largest absolute Gasteiger partial charge is 0.469 e. The summed E-state index contributed by atoms with van der Waals surface area (Å²) in [7, 11) is 1.34. The Hall–Kier alpha value is -2.04. The molecule has 0 aliphatic carbocycles. The van der Waals surface area contributed by atoms with Crippen molar-refractivity contribution in [1.29, 1.82) is 0 Å². The molecule has 1 atom stereocenters. The summed E-state index contributed by atoms with van der Waals surface area (Å²) in [6, 6.07) is 8.69. The second-order valence-electron chi connectivity index (χ2n) is 4.99. The summed E-state index contributed by atoms with van der Waals surface area (Å²) in [6.45, 7) is 4.62. The van der Waals surface area contributed by atoms with Crippen molar-refractivity contribution in [2.45, 2.75) is 26.3 Å². The molecule has 0 aliphatic rings. The van der Waals surface area contributed by atoms with E-state index in [1.165, 1.54) is 7.11 Å². The number of methoxy groups -OCH3 is 1. The van der Waals surface area contributed by atoms with Crippen molar-refractivity contribution in [1.82, 2.24) is 10.6 Å². The highest BCUT2D eigenvalue weighted by molar-refractivity contribution is 5.76. The molecule has 1 rings (SSSR count). The van der Waals surface area contributed by atoms with Crippen molar-refractivity contribution < 1.29 is 14.3 Å². The van der Waals surface area contributed by atoms with Gasteiger partial charge in [-0.15, -0.1) is 0 Å². The lowest BCUT2D eigenvalue weighted by Gasteiger charge is -2.19. The summed E-state index contributed by atoms with van der Waals surface area (Å²) in [4.78, 5) is 23.3. The van der Waals surface area contributed by atoms with E-state index in [1.807, 2.05) is 44.2 Å². The van der Waals surface area contributed by atoms with Crippen molar-refractivity contribution in [2.75, 3.05) is 13.7 Å². The van der Waals surface area contributed by atoms with E-state index < -0.39 is 6.04 Å². The van der Waals surface area contributed by atoms with Crippen LogP contribution in [0.4, 0.5) is 4.79 Å². The molecule has 20 heavy (non-hydrogen) atoms. The Morgan fingerprint density at radius 2 is 1.85 bits per heavy atom. The van der Waals surface area contributed by atoms with Gasteiger partial charge >= 0.3 is 12.0 Å². The third kappa shape index (κ3) is 5.73. The van der Waals surface area contributed by atoms with Crippen LogP contribution < -0.4 is 10.6 Å². The normalized spacial score (nSPS) is 11.8. The van der Waals surface area contributed by atoms with Crippen LogP contribution in [0, 0.1) is 5.92 Å². The van der Waals surface area contributed by atoms with Gasteiger partial charge in [0.1, 0.15) is 0 Å². The molecule has 0 fully saturated rings. The Morgan fingerprint density at radius 3 is 2.40 bits per heavy atom. The monoisotopic (exact) mass is 278 g/mol. The standard InChI is InChI=1S/C15H22N2O3/c1-11(2)10-16-15(19)17-13(9-14(18)20-3)12-7-5-4-6-8-12/h4-8,11,13H,9-10H2,1-3H3,(H2,16,17,19)/t13-/m0/s1. The number of nitrogens with one attached hydrogen (secondary N) is 2. The first-order valence-corrected chi connectivity index (χ1v) is 6.69. The van der Waals surface area contributed by atoms with Crippen molar-refractivity contribution >= 4 is 12.0 Å². The van der Waals surface area contributed by atoms with Crippen LogP contribution >= 0.6 is 0 Å². The zero-order chi connectivity index (χ0) is 15.0. The van der Waals surface area contributed by atoms with Crippen LogP contribution in [0.3, 0.4) is 0 Å². The van der Waals surface area contributed by atoms with Gasteiger partial charge in [-0.3, -0.25) is 4.79 Å². The van der Waals surface area contributed by atoms with E-state index in [-0.39, 0.29) is 18.4 Å². The van der Waals surface area contributed by atoms with Gasteiger partial charge in [0.25, 0.3) is 0 Å². The van der Waals surface area contributed by atoms with Gasteiger partial charge in [-0.2, -0.15) is 0 Å². The fraction of sp³-hybridized carbons (Fsp3) is 0.467. The number of urea groups is 1. The van der Waals surface area contributed by atoms with Crippen LogP contribution in [0.25, 0.3) is 0 Å². The van der Waals surface area contributed by atoms with Crippen molar-refractivity contribution in [3.05, 3.63) is 35.9 Å². The molecule has 0 saturated heterocycles. The predicted molar refractivity (Wildman–Crippen MR) is 77.2 cm³/mol. The van der Waals surface area contributed by atoms with Crippen LogP contribution in [0.1, 0.15) is 31.9 Å². The number of carbonyl (C=O) groups excluding carboxylic acids is 2. The Bertz CT molecular complexity index is 432. The van der Waals surface area contributed by atoms with Crippen LogP contribution in [0.5, 0.6) is 0 Å². The number of amides is 2. The number of esters is 1. The number of ether oxygens (including phenoxy) is 1. The summed E-state index contributed by atoms with van der Waals surface area (Å²) < 4.78 is 4.67. The maximum Gasteiger partial charge on any atom is 0.315 e. The van der Waals surface area contributed by atoms with Gasteiger partial charge in [-0.1, -0.05) is 44.2 Å². The van der Waals surface area contributed by atoms with Gasteiger partial charge in [-0.05, 0) is 11.5 Å². The van der Waals surface area contributed by atoms with Crippen molar-refractivity contribution in [2.24, 2.45) is 5.92 Å². The second kappa shape index (κ2) is 8.19. The second-order valence-corrected chi connectivity index (χ2v) is 4.99. The molecular weight excluding hydrogens is 256 g/mol. The van der Waals surface area contributed by atoms with E-state index in [4.69, 9.17) is 0 Å². The number of carbonyl (C=O) groups is 2. The smallest absolute Gasteiger partial charge is 0.315 e. The maximum atomic E-state index is 11.8. The zero-order valence-electron chi connectivity index (χ0n) is 12.2.